The molecule has 0 aromatic carbocycles. The number of rotatable bonds is 3. The molecule has 1 aliphatic rings. The molecule has 3 atom stereocenters. The van der Waals surface area contributed by atoms with Gasteiger partial charge in [0.1, 0.15) is 12.2 Å². The molecule has 0 aromatic rings. The molecule has 0 spiro atoms. The summed E-state index contributed by atoms with van der Waals surface area (Å²) < 4.78 is 10.5. The summed E-state index contributed by atoms with van der Waals surface area (Å²) in [5, 5.41) is 9.40. The van der Waals surface area contributed by atoms with Crippen molar-refractivity contribution < 1.29 is 19.4 Å². The Balaban J connectivity index is 2.68. The molecule has 0 radical (unpaired) electrons. The maximum atomic E-state index is 10.6. The van der Waals surface area contributed by atoms with Crippen LogP contribution in [-0.4, -0.2) is 42.0 Å². The van der Waals surface area contributed by atoms with E-state index < -0.39 is 24.1 Å². The average Bonchev–Trinajstić information content (AvgIpc) is 2.39. The molecular weight excluding hydrogens is 174 g/mol. The molecule has 1 fully saturated rings. The van der Waals surface area contributed by atoms with Crippen LogP contribution in [0, 0.1) is 0 Å². The maximum Gasteiger partial charge on any atom is 0.164 e. The highest BCUT2D eigenvalue weighted by atomic mass is 16.8. The van der Waals surface area contributed by atoms with Crippen LogP contribution >= 0.6 is 0 Å². The minimum atomic E-state index is -0.864. The van der Waals surface area contributed by atoms with Crippen molar-refractivity contribution in [2.24, 2.45) is 5.73 Å². The standard InChI is InChI=1S/C8H15NO4/c1-8(2)12-6(4-10)7(13-8)5(11)3-9/h4-7,11H,3,9H2,1-2H3/t5-,6-,7+/m1/s1. The molecule has 5 heteroatoms. The lowest BCUT2D eigenvalue weighted by Crippen LogP contribution is -2.40. The fourth-order valence-corrected chi connectivity index (χ4v) is 1.35. The summed E-state index contributed by atoms with van der Waals surface area (Å²) in [7, 11) is 0. The molecule has 13 heavy (non-hydrogen) atoms. The monoisotopic (exact) mass is 189 g/mol. The Morgan fingerprint density at radius 2 is 2.23 bits per heavy atom. The lowest BCUT2D eigenvalue weighted by atomic mass is 10.1. The number of hydrogen-bond acceptors (Lipinski definition) is 5. The van der Waals surface area contributed by atoms with Crippen LogP contribution in [0.3, 0.4) is 0 Å². The molecule has 0 unspecified atom stereocenters. The zero-order valence-corrected chi connectivity index (χ0v) is 7.77. The van der Waals surface area contributed by atoms with Gasteiger partial charge in [0.15, 0.2) is 12.1 Å². The first kappa shape index (κ1) is 10.6. The number of ether oxygens (including phenoxy) is 2. The van der Waals surface area contributed by atoms with E-state index in [4.69, 9.17) is 15.2 Å². The van der Waals surface area contributed by atoms with Crippen molar-refractivity contribution in [3.63, 3.8) is 0 Å². The summed E-state index contributed by atoms with van der Waals surface area (Å²) in [5.41, 5.74) is 5.26. The first-order valence-electron chi connectivity index (χ1n) is 4.19. The van der Waals surface area contributed by atoms with Crippen molar-refractivity contribution in [3.05, 3.63) is 0 Å². The van der Waals surface area contributed by atoms with Gasteiger partial charge >= 0.3 is 0 Å². The van der Waals surface area contributed by atoms with E-state index in [1.54, 1.807) is 13.8 Å². The van der Waals surface area contributed by atoms with Crippen LogP contribution in [0.25, 0.3) is 0 Å². The van der Waals surface area contributed by atoms with E-state index in [-0.39, 0.29) is 6.54 Å². The van der Waals surface area contributed by atoms with Gasteiger partial charge in [-0.25, -0.2) is 0 Å². The van der Waals surface area contributed by atoms with E-state index in [0.717, 1.165) is 0 Å². The van der Waals surface area contributed by atoms with Gasteiger partial charge in [-0.2, -0.15) is 0 Å². The smallest absolute Gasteiger partial charge is 0.164 e. The molecule has 5 nitrogen and oxygen atoms in total. The minimum absolute atomic E-state index is 0.0500. The summed E-state index contributed by atoms with van der Waals surface area (Å²) in [5.74, 6) is -0.827. The van der Waals surface area contributed by atoms with Gasteiger partial charge < -0.3 is 25.1 Å². The second-order valence-corrected chi connectivity index (χ2v) is 3.50. The quantitative estimate of drug-likeness (QED) is 0.558. The highest BCUT2D eigenvalue weighted by molar-refractivity contribution is 5.58. The Morgan fingerprint density at radius 1 is 1.62 bits per heavy atom. The second kappa shape index (κ2) is 3.71. The van der Waals surface area contributed by atoms with Gasteiger partial charge in [-0.15, -0.1) is 0 Å². The Kier molecular flexibility index (Phi) is 3.02. The van der Waals surface area contributed by atoms with Crippen LogP contribution in [0.15, 0.2) is 0 Å². The second-order valence-electron chi connectivity index (χ2n) is 3.50. The predicted molar refractivity (Wildman–Crippen MR) is 45.0 cm³/mol. The average molecular weight is 189 g/mol. The van der Waals surface area contributed by atoms with Gasteiger partial charge in [0.25, 0.3) is 0 Å². The zero-order chi connectivity index (χ0) is 10.1. The number of carbonyl (C=O) groups excluding carboxylic acids is 1. The van der Waals surface area contributed by atoms with Crippen molar-refractivity contribution in [1.29, 1.82) is 0 Å². The van der Waals surface area contributed by atoms with Gasteiger partial charge in [-0.3, -0.25) is 0 Å². The topological polar surface area (TPSA) is 81.8 Å². The van der Waals surface area contributed by atoms with Gasteiger partial charge in [-0.05, 0) is 13.8 Å². The van der Waals surface area contributed by atoms with Crippen LogP contribution in [0.5, 0.6) is 0 Å². The molecule has 0 aliphatic carbocycles. The van der Waals surface area contributed by atoms with Gasteiger partial charge in [0.2, 0.25) is 0 Å². The number of aliphatic hydroxyl groups is 1. The molecular formula is C8H15NO4. The number of nitrogens with two attached hydrogens (primary N) is 1. The number of carbonyl (C=O) groups is 1. The third-order valence-corrected chi connectivity index (χ3v) is 1.92. The molecule has 1 aliphatic heterocycles. The Hall–Kier alpha value is -0.490. The van der Waals surface area contributed by atoms with Crippen LogP contribution < -0.4 is 5.73 Å². The predicted octanol–water partition coefficient (Wildman–Crippen LogP) is -0.975. The van der Waals surface area contributed by atoms with E-state index in [0.29, 0.717) is 6.29 Å². The van der Waals surface area contributed by atoms with Crippen LogP contribution in [0.1, 0.15) is 13.8 Å². The molecule has 76 valence electrons. The van der Waals surface area contributed by atoms with E-state index in [1.807, 2.05) is 0 Å². The van der Waals surface area contributed by atoms with E-state index in [2.05, 4.69) is 0 Å². The Labute approximate surface area is 76.8 Å². The largest absolute Gasteiger partial charge is 0.389 e. The number of aliphatic hydroxyl groups excluding tert-OH is 1. The van der Waals surface area contributed by atoms with Gasteiger partial charge in [0, 0.05) is 6.54 Å². The van der Waals surface area contributed by atoms with Crippen LogP contribution in [-0.2, 0) is 14.3 Å². The van der Waals surface area contributed by atoms with E-state index in [9.17, 15) is 9.90 Å². The van der Waals surface area contributed by atoms with E-state index in [1.165, 1.54) is 0 Å². The summed E-state index contributed by atoms with van der Waals surface area (Å²) in [6.07, 6.45) is -1.62. The summed E-state index contributed by atoms with van der Waals surface area (Å²) >= 11 is 0. The van der Waals surface area contributed by atoms with Crippen molar-refractivity contribution in [1.82, 2.24) is 0 Å². The van der Waals surface area contributed by atoms with Crippen molar-refractivity contribution in [2.75, 3.05) is 6.54 Å². The third kappa shape index (κ3) is 2.25. The first-order chi connectivity index (χ1) is 6.00. The molecule has 0 bridgehead atoms. The minimum Gasteiger partial charge on any atom is -0.389 e. The molecule has 0 aromatic heterocycles. The number of hydrogen-bond donors (Lipinski definition) is 2. The fraction of sp³-hybridized carbons (Fsp3) is 0.875. The summed E-state index contributed by atoms with van der Waals surface area (Å²) in [6, 6.07) is 0. The summed E-state index contributed by atoms with van der Waals surface area (Å²) in [6.45, 7) is 3.42. The highest BCUT2D eigenvalue weighted by Gasteiger charge is 2.44. The third-order valence-electron chi connectivity index (χ3n) is 1.92. The zero-order valence-electron chi connectivity index (χ0n) is 7.77. The normalized spacial score (nSPS) is 34.5. The first-order valence-corrected chi connectivity index (χ1v) is 4.19. The van der Waals surface area contributed by atoms with Gasteiger partial charge in [0.05, 0.1) is 6.10 Å². The van der Waals surface area contributed by atoms with Gasteiger partial charge in [-0.1, -0.05) is 0 Å². The summed E-state index contributed by atoms with van der Waals surface area (Å²) in [4.78, 5) is 10.6. The van der Waals surface area contributed by atoms with E-state index >= 15 is 0 Å². The molecule has 0 saturated carbocycles. The van der Waals surface area contributed by atoms with Crippen molar-refractivity contribution in [3.8, 4) is 0 Å². The SMILES string of the molecule is CC1(C)O[C@@H]([C@H](O)CN)[C@@H](C=O)O1. The number of aldehydes is 1. The van der Waals surface area contributed by atoms with Crippen molar-refractivity contribution >= 4 is 6.29 Å². The maximum absolute atomic E-state index is 10.6. The Morgan fingerprint density at radius 3 is 2.69 bits per heavy atom. The molecule has 1 heterocycles. The molecule has 3 N–H and O–H groups in total. The lowest BCUT2D eigenvalue weighted by Gasteiger charge is -2.19. The molecule has 0 amide bonds. The molecule has 1 saturated heterocycles. The Bertz CT molecular complexity index is 195. The lowest BCUT2D eigenvalue weighted by molar-refractivity contribution is -0.156. The fourth-order valence-electron chi connectivity index (χ4n) is 1.35. The van der Waals surface area contributed by atoms with Crippen LogP contribution in [0.4, 0.5) is 0 Å². The molecule has 1 rings (SSSR count). The van der Waals surface area contributed by atoms with Crippen molar-refractivity contribution in [2.45, 2.75) is 37.9 Å². The van der Waals surface area contributed by atoms with Crippen LogP contribution in [0.2, 0.25) is 0 Å². The highest BCUT2D eigenvalue weighted by Crippen LogP contribution is 2.28.